The molecule has 0 radical (unpaired) electrons. The lowest BCUT2D eigenvalue weighted by Gasteiger charge is -2.11. The molecule has 4 nitrogen and oxygen atoms in total. The van der Waals surface area contributed by atoms with Crippen LogP contribution in [0, 0.1) is 12.7 Å². The van der Waals surface area contributed by atoms with Crippen molar-refractivity contribution in [2.45, 2.75) is 13.5 Å². The Kier molecular flexibility index (Phi) is 6.53. The van der Waals surface area contributed by atoms with E-state index < -0.39 is 0 Å². The van der Waals surface area contributed by atoms with Gasteiger partial charge in [-0.25, -0.2) is 9.38 Å². The highest BCUT2D eigenvalue weighted by Crippen LogP contribution is 2.32. The summed E-state index contributed by atoms with van der Waals surface area (Å²) in [6.45, 7) is 2.47. The second-order valence-corrected chi connectivity index (χ2v) is 8.86. The Hall–Kier alpha value is -2.90. The summed E-state index contributed by atoms with van der Waals surface area (Å²) in [5.74, 6) is 0.102. The fourth-order valence-electron chi connectivity index (χ4n) is 2.98. The average Bonchev–Trinajstić information content (AvgIpc) is 3.08. The quantitative estimate of drug-likeness (QED) is 0.417. The third kappa shape index (κ3) is 5.62. The minimum Gasteiger partial charge on any atom is -0.488 e. The van der Waals surface area contributed by atoms with Crippen LogP contribution >= 0.6 is 27.7 Å². The van der Waals surface area contributed by atoms with Gasteiger partial charge in [0, 0.05) is 10.0 Å². The number of aryl methyl sites for hydroxylation is 1. The summed E-state index contributed by atoms with van der Waals surface area (Å²) >= 11 is 4.71. The van der Waals surface area contributed by atoms with E-state index in [-0.39, 0.29) is 11.7 Å². The predicted molar refractivity (Wildman–Crippen MR) is 127 cm³/mol. The van der Waals surface area contributed by atoms with Gasteiger partial charge in [-0.2, -0.15) is 0 Å². The van der Waals surface area contributed by atoms with Crippen LogP contribution in [0.1, 0.15) is 16.7 Å². The number of nitrogens with one attached hydrogen (secondary N) is 1. The first kappa shape index (κ1) is 21.3. The Morgan fingerprint density at radius 1 is 1.13 bits per heavy atom. The number of thioether (sulfide) groups is 1. The van der Waals surface area contributed by atoms with Crippen molar-refractivity contribution in [3.63, 3.8) is 0 Å². The molecule has 1 aliphatic heterocycles. The standard InChI is InChI=1S/C24H18BrFN2O2S/c1-15-3-2-4-16(11-15)14-30-21-10-5-18(25)12-17(21)13-22-23(29)28-24(31-22)27-20-8-6-19(26)7-9-20/h2-13H,14H2,1H3,(H,27,28,29)/b22-13+. The van der Waals surface area contributed by atoms with Gasteiger partial charge in [-0.1, -0.05) is 45.8 Å². The van der Waals surface area contributed by atoms with Crippen molar-refractivity contribution in [3.8, 4) is 5.75 Å². The zero-order valence-electron chi connectivity index (χ0n) is 16.6. The predicted octanol–water partition coefficient (Wildman–Crippen LogP) is 6.37. The number of rotatable bonds is 5. The first-order chi connectivity index (χ1) is 15.0. The number of halogens is 2. The summed E-state index contributed by atoms with van der Waals surface area (Å²) < 4.78 is 20.0. The number of hydrogen-bond acceptors (Lipinski definition) is 4. The van der Waals surface area contributed by atoms with Gasteiger partial charge in [0.15, 0.2) is 5.17 Å². The van der Waals surface area contributed by atoms with Gasteiger partial charge in [-0.05, 0) is 72.8 Å². The normalized spacial score (nSPS) is 16.0. The van der Waals surface area contributed by atoms with Crippen molar-refractivity contribution in [1.29, 1.82) is 0 Å². The number of benzene rings is 3. The maximum absolute atomic E-state index is 13.1. The molecule has 31 heavy (non-hydrogen) atoms. The van der Waals surface area contributed by atoms with Crippen LogP contribution in [0.4, 0.5) is 10.1 Å². The van der Waals surface area contributed by atoms with Crippen molar-refractivity contribution in [1.82, 2.24) is 5.32 Å². The van der Waals surface area contributed by atoms with E-state index in [4.69, 9.17) is 4.74 Å². The Morgan fingerprint density at radius 3 is 2.71 bits per heavy atom. The number of carbonyl (C=O) groups is 1. The molecule has 1 aliphatic rings. The van der Waals surface area contributed by atoms with Gasteiger partial charge in [0.2, 0.25) is 0 Å². The first-order valence-electron chi connectivity index (χ1n) is 9.49. The molecular weight excluding hydrogens is 479 g/mol. The van der Waals surface area contributed by atoms with Gasteiger partial charge in [0.1, 0.15) is 18.2 Å². The summed E-state index contributed by atoms with van der Waals surface area (Å²) in [5.41, 5.74) is 3.59. The van der Waals surface area contributed by atoms with E-state index in [0.717, 1.165) is 15.6 Å². The fraction of sp³-hybridized carbons (Fsp3) is 0.0833. The largest absolute Gasteiger partial charge is 0.488 e. The maximum Gasteiger partial charge on any atom is 0.264 e. The molecule has 1 amide bonds. The van der Waals surface area contributed by atoms with Crippen LogP contribution in [0.25, 0.3) is 6.08 Å². The third-order valence-electron chi connectivity index (χ3n) is 4.44. The number of amides is 1. The molecular formula is C24H18BrFN2O2S. The Balaban J connectivity index is 1.55. The van der Waals surface area contributed by atoms with Crippen molar-refractivity contribution in [3.05, 3.63) is 98.6 Å². The topological polar surface area (TPSA) is 50.7 Å². The monoisotopic (exact) mass is 496 g/mol. The van der Waals surface area contributed by atoms with E-state index in [9.17, 15) is 9.18 Å². The van der Waals surface area contributed by atoms with Crippen LogP contribution in [0.5, 0.6) is 5.75 Å². The number of aliphatic imine (C=N–C) groups is 1. The van der Waals surface area contributed by atoms with E-state index >= 15 is 0 Å². The third-order valence-corrected chi connectivity index (χ3v) is 5.85. The smallest absolute Gasteiger partial charge is 0.264 e. The van der Waals surface area contributed by atoms with Crippen molar-refractivity contribution in [2.24, 2.45) is 4.99 Å². The first-order valence-corrected chi connectivity index (χ1v) is 11.1. The highest BCUT2D eigenvalue weighted by molar-refractivity contribution is 9.10. The Morgan fingerprint density at radius 2 is 1.94 bits per heavy atom. The number of ether oxygens (including phenoxy) is 1. The zero-order chi connectivity index (χ0) is 21.8. The second-order valence-electron chi connectivity index (χ2n) is 6.92. The van der Waals surface area contributed by atoms with E-state index in [0.29, 0.717) is 28.1 Å². The summed E-state index contributed by atoms with van der Waals surface area (Å²) in [7, 11) is 0. The van der Waals surface area contributed by atoms with Gasteiger partial charge in [0.05, 0.1) is 10.6 Å². The molecule has 1 N–H and O–H groups in total. The molecule has 7 heteroatoms. The Bertz CT molecular complexity index is 1190. The number of amidine groups is 1. The molecule has 1 saturated heterocycles. The molecule has 1 fully saturated rings. The highest BCUT2D eigenvalue weighted by Gasteiger charge is 2.24. The highest BCUT2D eigenvalue weighted by atomic mass is 79.9. The number of hydrogen-bond donors (Lipinski definition) is 1. The van der Waals surface area contributed by atoms with Crippen molar-refractivity contribution < 1.29 is 13.9 Å². The molecule has 0 aliphatic carbocycles. The lowest BCUT2D eigenvalue weighted by Crippen LogP contribution is -2.19. The minimum absolute atomic E-state index is 0.240. The van der Waals surface area contributed by atoms with E-state index in [1.165, 1.54) is 29.5 Å². The molecule has 4 rings (SSSR count). The van der Waals surface area contributed by atoms with E-state index in [1.54, 1.807) is 18.2 Å². The Labute approximate surface area is 192 Å². The average molecular weight is 497 g/mol. The SMILES string of the molecule is Cc1cccc(COc2ccc(Br)cc2/C=C2/SC(=Nc3ccc(F)cc3)NC2=O)c1. The van der Waals surface area contributed by atoms with Crippen LogP contribution in [0.15, 0.2) is 81.1 Å². The van der Waals surface area contributed by atoms with Crippen LogP contribution in [0.2, 0.25) is 0 Å². The zero-order valence-corrected chi connectivity index (χ0v) is 19.0. The molecule has 156 valence electrons. The summed E-state index contributed by atoms with van der Waals surface area (Å²) in [5, 5.41) is 3.19. The van der Waals surface area contributed by atoms with Crippen LogP contribution in [-0.2, 0) is 11.4 Å². The lowest BCUT2D eigenvalue weighted by atomic mass is 10.1. The molecule has 0 aromatic heterocycles. The maximum atomic E-state index is 13.1. The summed E-state index contributed by atoms with van der Waals surface area (Å²) in [6.07, 6.45) is 1.78. The van der Waals surface area contributed by atoms with Crippen LogP contribution < -0.4 is 10.1 Å². The summed E-state index contributed by atoms with van der Waals surface area (Å²) in [6, 6.07) is 19.6. The lowest BCUT2D eigenvalue weighted by molar-refractivity contribution is -0.115. The summed E-state index contributed by atoms with van der Waals surface area (Å²) in [4.78, 5) is 17.3. The number of carbonyl (C=O) groups excluding carboxylic acids is 1. The van der Waals surface area contributed by atoms with Crippen LogP contribution in [-0.4, -0.2) is 11.1 Å². The van der Waals surface area contributed by atoms with Gasteiger partial charge < -0.3 is 10.1 Å². The molecule has 3 aromatic rings. The molecule has 0 unspecified atom stereocenters. The van der Waals surface area contributed by atoms with E-state index in [2.05, 4.69) is 32.3 Å². The molecule has 0 spiro atoms. The number of nitrogens with zero attached hydrogens (tertiary/aromatic N) is 1. The van der Waals surface area contributed by atoms with Gasteiger partial charge >= 0.3 is 0 Å². The van der Waals surface area contributed by atoms with Crippen LogP contribution in [0.3, 0.4) is 0 Å². The minimum atomic E-state index is -0.333. The fourth-order valence-corrected chi connectivity index (χ4v) is 4.19. The van der Waals surface area contributed by atoms with Crippen molar-refractivity contribution >= 4 is 50.5 Å². The van der Waals surface area contributed by atoms with Crippen molar-refractivity contribution in [2.75, 3.05) is 0 Å². The molecule has 1 heterocycles. The molecule has 3 aromatic carbocycles. The molecule has 0 saturated carbocycles. The van der Waals surface area contributed by atoms with Gasteiger partial charge in [-0.15, -0.1) is 0 Å². The van der Waals surface area contributed by atoms with E-state index in [1.807, 2.05) is 43.3 Å². The second kappa shape index (κ2) is 9.49. The van der Waals surface area contributed by atoms with Gasteiger partial charge in [0.25, 0.3) is 5.91 Å². The van der Waals surface area contributed by atoms with Gasteiger partial charge in [-0.3, -0.25) is 4.79 Å². The molecule has 0 atom stereocenters. The molecule has 0 bridgehead atoms.